The molecular weight excluding hydrogens is 268 g/mol. The highest BCUT2D eigenvalue weighted by molar-refractivity contribution is 5.99. The van der Waals surface area contributed by atoms with Gasteiger partial charge in [0.2, 0.25) is 0 Å². The van der Waals surface area contributed by atoms with Crippen LogP contribution in [0.5, 0.6) is 11.5 Å². The summed E-state index contributed by atoms with van der Waals surface area (Å²) in [5.74, 6) is 2.00. The number of methoxy groups -OCH3 is 1. The van der Waals surface area contributed by atoms with E-state index in [2.05, 4.69) is 0 Å². The Morgan fingerprint density at radius 1 is 1.52 bits per heavy atom. The van der Waals surface area contributed by atoms with Gasteiger partial charge in [-0.15, -0.1) is 0 Å². The zero-order valence-corrected chi connectivity index (χ0v) is 12.2. The summed E-state index contributed by atoms with van der Waals surface area (Å²) in [7, 11) is 1.62. The first-order valence-electron chi connectivity index (χ1n) is 7.22. The molecule has 1 saturated heterocycles. The number of nitrogens with two attached hydrogens (primary N) is 1. The number of hydrogen-bond donors (Lipinski definition) is 1. The Balaban J connectivity index is 1.77. The molecule has 1 fully saturated rings. The predicted molar refractivity (Wildman–Crippen MR) is 80.2 cm³/mol. The van der Waals surface area contributed by atoms with Gasteiger partial charge < -0.3 is 20.1 Å². The predicted octanol–water partition coefficient (Wildman–Crippen LogP) is 1.28. The number of carbonyl (C=O) groups excluding carboxylic acids is 1. The maximum Gasteiger partial charge on any atom is 0.253 e. The van der Waals surface area contributed by atoms with Gasteiger partial charge >= 0.3 is 0 Å². The van der Waals surface area contributed by atoms with Crippen LogP contribution in [0.15, 0.2) is 23.8 Å². The monoisotopic (exact) mass is 288 g/mol. The van der Waals surface area contributed by atoms with E-state index in [9.17, 15) is 4.79 Å². The molecule has 1 unspecified atom stereocenters. The Morgan fingerprint density at radius 2 is 2.38 bits per heavy atom. The van der Waals surface area contributed by atoms with E-state index in [1.165, 1.54) is 0 Å². The van der Waals surface area contributed by atoms with E-state index in [0.717, 1.165) is 36.6 Å². The van der Waals surface area contributed by atoms with Crippen molar-refractivity contribution < 1.29 is 14.3 Å². The molecule has 1 aromatic rings. The van der Waals surface area contributed by atoms with Crippen molar-refractivity contribution in [3.05, 3.63) is 29.3 Å². The van der Waals surface area contributed by atoms with E-state index in [1.54, 1.807) is 7.11 Å². The normalized spacial score (nSPS) is 20.6. The van der Waals surface area contributed by atoms with Crippen LogP contribution in [0.4, 0.5) is 0 Å². The van der Waals surface area contributed by atoms with Crippen LogP contribution in [0.2, 0.25) is 0 Å². The molecule has 2 aliphatic heterocycles. The van der Waals surface area contributed by atoms with Gasteiger partial charge in [0.1, 0.15) is 18.1 Å². The highest BCUT2D eigenvalue weighted by atomic mass is 16.5. The first-order chi connectivity index (χ1) is 10.2. The Hall–Kier alpha value is -2.01. The molecule has 112 valence electrons. The molecule has 1 atom stereocenters. The molecule has 1 aromatic carbocycles. The lowest BCUT2D eigenvalue weighted by Crippen LogP contribution is -2.33. The Morgan fingerprint density at radius 3 is 3.10 bits per heavy atom. The number of rotatable bonds is 3. The van der Waals surface area contributed by atoms with Crippen LogP contribution in [0, 0.1) is 5.92 Å². The lowest BCUT2D eigenvalue weighted by molar-refractivity contribution is -0.126. The van der Waals surface area contributed by atoms with Crippen molar-refractivity contribution in [2.75, 3.05) is 33.4 Å². The topological polar surface area (TPSA) is 64.8 Å². The molecule has 5 heteroatoms. The fraction of sp³-hybridized carbons (Fsp3) is 0.438. The molecule has 2 heterocycles. The van der Waals surface area contributed by atoms with Gasteiger partial charge in [-0.05, 0) is 37.1 Å². The number of likely N-dealkylation sites (tertiary alicyclic amines) is 1. The van der Waals surface area contributed by atoms with E-state index in [0.29, 0.717) is 24.6 Å². The molecule has 1 amide bonds. The fourth-order valence-electron chi connectivity index (χ4n) is 2.81. The molecule has 2 aliphatic rings. The molecule has 0 saturated carbocycles. The summed E-state index contributed by atoms with van der Waals surface area (Å²) in [6.07, 6.45) is 2.90. The van der Waals surface area contributed by atoms with Gasteiger partial charge in [0.05, 0.1) is 12.7 Å². The first-order valence-corrected chi connectivity index (χ1v) is 7.22. The van der Waals surface area contributed by atoms with Crippen molar-refractivity contribution in [3.63, 3.8) is 0 Å². The minimum atomic E-state index is 0.0624. The summed E-state index contributed by atoms with van der Waals surface area (Å²) < 4.78 is 10.9. The van der Waals surface area contributed by atoms with E-state index in [1.807, 2.05) is 29.2 Å². The quantitative estimate of drug-likeness (QED) is 0.910. The third kappa shape index (κ3) is 2.74. The summed E-state index contributed by atoms with van der Waals surface area (Å²) in [5, 5.41) is 0. The van der Waals surface area contributed by atoms with Crippen molar-refractivity contribution >= 4 is 12.0 Å². The Labute approximate surface area is 124 Å². The van der Waals surface area contributed by atoms with Crippen LogP contribution in [0.25, 0.3) is 6.08 Å². The smallest absolute Gasteiger partial charge is 0.253 e. The average Bonchev–Trinajstić information content (AvgIpc) is 3.02. The van der Waals surface area contributed by atoms with Crippen LogP contribution in [-0.2, 0) is 4.79 Å². The molecule has 0 bridgehead atoms. The number of carbonyl (C=O) groups is 1. The van der Waals surface area contributed by atoms with Crippen LogP contribution >= 0.6 is 0 Å². The number of fused-ring (bicyclic) bond motifs is 1. The molecule has 0 aliphatic carbocycles. The van der Waals surface area contributed by atoms with E-state index < -0.39 is 0 Å². The molecule has 0 radical (unpaired) electrons. The molecule has 2 N–H and O–H groups in total. The van der Waals surface area contributed by atoms with Gasteiger partial charge in [-0.25, -0.2) is 0 Å². The van der Waals surface area contributed by atoms with Crippen molar-refractivity contribution in [3.8, 4) is 11.5 Å². The number of amides is 1. The second-order valence-electron chi connectivity index (χ2n) is 5.50. The van der Waals surface area contributed by atoms with E-state index in [-0.39, 0.29) is 5.91 Å². The van der Waals surface area contributed by atoms with E-state index >= 15 is 0 Å². The van der Waals surface area contributed by atoms with Crippen LogP contribution < -0.4 is 15.2 Å². The van der Waals surface area contributed by atoms with Gasteiger partial charge in [-0.3, -0.25) is 4.79 Å². The fourth-order valence-corrected chi connectivity index (χ4v) is 2.81. The average molecular weight is 288 g/mol. The second kappa shape index (κ2) is 5.77. The summed E-state index contributed by atoms with van der Waals surface area (Å²) in [4.78, 5) is 14.4. The molecule has 5 nitrogen and oxygen atoms in total. The minimum Gasteiger partial charge on any atom is -0.497 e. The number of ether oxygens (including phenoxy) is 2. The SMILES string of the molecule is COc1ccc2c(c1)OCC(C(=O)N1CCC(CN)C1)=C2. The number of nitrogens with zero attached hydrogens (tertiary/aromatic N) is 1. The van der Waals surface area contributed by atoms with Gasteiger partial charge in [0.25, 0.3) is 5.91 Å². The Kier molecular flexibility index (Phi) is 3.84. The molecular formula is C16H20N2O3. The first kappa shape index (κ1) is 13.9. The lowest BCUT2D eigenvalue weighted by atomic mass is 10.1. The summed E-state index contributed by atoms with van der Waals surface area (Å²) in [5.41, 5.74) is 7.29. The number of benzene rings is 1. The van der Waals surface area contributed by atoms with Crippen LogP contribution in [0.1, 0.15) is 12.0 Å². The van der Waals surface area contributed by atoms with Crippen molar-refractivity contribution in [2.24, 2.45) is 11.7 Å². The summed E-state index contributed by atoms with van der Waals surface area (Å²) >= 11 is 0. The van der Waals surface area contributed by atoms with Crippen LogP contribution in [0.3, 0.4) is 0 Å². The highest BCUT2D eigenvalue weighted by Crippen LogP contribution is 2.31. The van der Waals surface area contributed by atoms with Gasteiger partial charge in [-0.1, -0.05) is 0 Å². The van der Waals surface area contributed by atoms with Gasteiger partial charge in [0, 0.05) is 24.7 Å². The minimum absolute atomic E-state index is 0.0624. The van der Waals surface area contributed by atoms with Gasteiger partial charge in [-0.2, -0.15) is 0 Å². The molecule has 3 rings (SSSR count). The van der Waals surface area contributed by atoms with Crippen molar-refractivity contribution in [1.29, 1.82) is 0 Å². The zero-order chi connectivity index (χ0) is 14.8. The molecule has 0 spiro atoms. The standard InChI is InChI=1S/C16H20N2O3/c1-20-14-3-2-12-6-13(10-21-15(12)7-14)16(19)18-5-4-11(8-17)9-18/h2-3,6-7,11H,4-5,8-10,17H2,1H3. The third-order valence-corrected chi connectivity index (χ3v) is 4.11. The number of hydrogen-bond acceptors (Lipinski definition) is 4. The largest absolute Gasteiger partial charge is 0.497 e. The molecule has 0 aromatic heterocycles. The van der Waals surface area contributed by atoms with E-state index in [4.69, 9.17) is 15.2 Å². The zero-order valence-electron chi connectivity index (χ0n) is 12.2. The van der Waals surface area contributed by atoms with Gasteiger partial charge in [0.15, 0.2) is 0 Å². The van der Waals surface area contributed by atoms with Crippen molar-refractivity contribution in [1.82, 2.24) is 4.90 Å². The second-order valence-corrected chi connectivity index (χ2v) is 5.50. The van der Waals surface area contributed by atoms with Crippen molar-refractivity contribution in [2.45, 2.75) is 6.42 Å². The highest BCUT2D eigenvalue weighted by Gasteiger charge is 2.28. The maximum absolute atomic E-state index is 12.5. The summed E-state index contributed by atoms with van der Waals surface area (Å²) in [6.45, 7) is 2.49. The summed E-state index contributed by atoms with van der Waals surface area (Å²) in [6, 6.07) is 5.62. The van der Waals surface area contributed by atoms with Crippen LogP contribution in [-0.4, -0.2) is 44.2 Å². The lowest BCUT2D eigenvalue weighted by Gasteiger charge is -2.22. The molecule has 21 heavy (non-hydrogen) atoms. The third-order valence-electron chi connectivity index (χ3n) is 4.11. The maximum atomic E-state index is 12.5. The Bertz CT molecular complexity index is 583.